The number of aliphatic hydroxyl groups excluding tert-OH is 2. The van der Waals surface area contributed by atoms with Gasteiger partial charge in [-0.05, 0) is 30.9 Å². The zero-order valence-corrected chi connectivity index (χ0v) is 19.7. The van der Waals surface area contributed by atoms with Gasteiger partial charge in [0.25, 0.3) is 5.91 Å². The van der Waals surface area contributed by atoms with Crippen LogP contribution in [0, 0.1) is 0 Å². The van der Waals surface area contributed by atoms with E-state index in [1.807, 2.05) is 24.3 Å². The van der Waals surface area contributed by atoms with Gasteiger partial charge in [-0.2, -0.15) is 9.97 Å². The van der Waals surface area contributed by atoms with E-state index in [2.05, 4.69) is 25.6 Å². The van der Waals surface area contributed by atoms with Gasteiger partial charge in [0.05, 0.1) is 6.33 Å². The second kappa shape index (κ2) is 10.8. The van der Waals surface area contributed by atoms with E-state index in [9.17, 15) is 19.8 Å². The van der Waals surface area contributed by atoms with Crippen molar-refractivity contribution in [3.63, 3.8) is 0 Å². The van der Waals surface area contributed by atoms with Crippen molar-refractivity contribution in [2.45, 2.75) is 50.7 Å². The summed E-state index contributed by atoms with van der Waals surface area (Å²) in [5, 5.41) is 35.4. The SMILES string of the molecule is CCNC(=O)[C@H]1O[C@H](n2cnc3c(N)nc(NCCc4ccc(CCC(=O)O)cc4)nc32)[C@H](O)[C@@H]1O. The van der Waals surface area contributed by atoms with Gasteiger partial charge in [0.1, 0.15) is 17.7 Å². The predicted octanol–water partition coefficient (Wildman–Crippen LogP) is -0.164. The molecule has 1 saturated heterocycles. The topological polar surface area (TPSA) is 198 Å². The van der Waals surface area contributed by atoms with Crippen molar-refractivity contribution in [2.24, 2.45) is 0 Å². The van der Waals surface area contributed by atoms with Gasteiger partial charge in [-0.3, -0.25) is 14.2 Å². The Morgan fingerprint density at radius 2 is 1.81 bits per heavy atom. The summed E-state index contributed by atoms with van der Waals surface area (Å²) in [4.78, 5) is 35.8. The van der Waals surface area contributed by atoms with Crippen LogP contribution in [0.5, 0.6) is 0 Å². The molecule has 0 radical (unpaired) electrons. The Labute approximate surface area is 206 Å². The number of nitrogens with two attached hydrogens (primary N) is 1. The first-order valence-electron chi connectivity index (χ1n) is 11.6. The molecule has 2 aromatic heterocycles. The number of hydrogen-bond acceptors (Lipinski definition) is 10. The number of ether oxygens (including phenoxy) is 1. The van der Waals surface area contributed by atoms with Gasteiger partial charge in [0, 0.05) is 19.5 Å². The lowest BCUT2D eigenvalue weighted by Gasteiger charge is -2.16. The number of anilines is 2. The number of hydrogen-bond donors (Lipinski definition) is 6. The minimum Gasteiger partial charge on any atom is -0.481 e. The molecule has 1 aliphatic rings. The highest BCUT2D eigenvalue weighted by Crippen LogP contribution is 2.32. The molecule has 4 rings (SSSR count). The van der Waals surface area contributed by atoms with Crippen LogP contribution in [0.2, 0.25) is 0 Å². The number of nitrogens with one attached hydrogen (secondary N) is 2. The number of aliphatic carboxylic acids is 1. The minimum absolute atomic E-state index is 0.0905. The molecule has 0 spiro atoms. The molecule has 13 heteroatoms. The van der Waals surface area contributed by atoms with E-state index in [1.54, 1.807) is 6.92 Å². The van der Waals surface area contributed by atoms with Crippen LogP contribution in [0.25, 0.3) is 11.2 Å². The molecule has 1 amide bonds. The second-order valence-electron chi connectivity index (χ2n) is 8.47. The fraction of sp³-hybridized carbons (Fsp3) is 0.435. The van der Waals surface area contributed by atoms with Crippen molar-refractivity contribution in [3.05, 3.63) is 41.7 Å². The van der Waals surface area contributed by atoms with Gasteiger partial charge < -0.3 is 36.4 Å². The van der Waals surface area contributed by atoms with Gasteiger partial charge in [0.15, 0.2) is 23.8 Å². The van der Waals surface area contributed by atoms with Gasteiger partial charge in [0.2, 0.25) is 5.95 Å². The number of benzene rings is 1. The van der Waals surface area contributed by atoms with Crippen LogP contribution < -0.4 is 16.4 Å². The molecule has 4 atom stereocenters. The molecule has 192 valence electrons. The fourth-order valence-corrected chi connectivity index (χ4v) is 4.03. The third kappa shape index (κ3) is 5.37. The maximum Gasteiger partial charge on any atom is 0.303 e. The Bertz CT molecular complexity index is 1230. The quantitative estimate of drug-likeness (QED) is 0.217. The molecular weight excluding hydrogens is 470 g/mol. The number of carbonyl (C=O) groups excluding carboxylic acids is 1. The number of aliphatic hydroxyl groups is 2. The number of likely N-dealkylation sites (N-methyl/N-ethyl adjacent to an activating group) is 1. The summed E-state index contributed by atoms with van der Waals surface area (Å²) in [6, 6.07) is 7.71. The number of imidazole rings is 1. The molecule has 3 aromatic rings. The molecule has 3 heterocycles. The van der Waals surface area contributed by atoms with Crippen molar-refractivity contribution < 1.29 is 29.6 Å². The fourth-order valence-electron chi connectivity index (χ4n) is 4.03. The van der Waals surface area contributed by atoms with Crippen LogP contribution in [0.1, 0.15) is 30.7 Å². The Morgan fingerprint density at radius 1 is 1.11 bits per heavy atom. The summed E-state index contributed by atoms with van der Waals surface area (Å²) in [5.74, 6) is -0.985. The number of amides is 1. The average molecular weight is 500 g/mol. The summed E-state index contributed by atoms with van der Waals surface area (Å²) in [6.45, 7) is 2.59. The number of aromatic nitrogens is 4. The summed E-state index contributed by atoms with van der Waals surface area (Å²) in [6.07, 6.45) is -2.56. The first-order valence-corrected chi connectivity index (χ1v) is 11.6. The van der Waals surface area contributed by atoms with Gasteiger partial charge in [-0.1, -0.05) is 24.3 Å². The largest absolute Gasteiger partial charge is 0.481 e. The van der Waals surface area contributed by atoms with E-state index in [-0.39, 0.29) is 23.8 Å². The molecule has 0 saturated carbocycles. The molecule has 1 fully saturated rings. The molecule has 7 N–H and O–H groups in total. The van der Waals surface area contributed by atoms with Crippen LogP contribution in [-0.2, 0) is 27.2 Å². The number of carboxylic acid groups (broad SMARTS) is 1. The van der Waals surface area contributed by atoms with Crippen LogP contribution in [0.15, 0.2) is 30.6 Å². The molecular formula is C23H29N7O6. The summed E-state index contributed by atoms with van der Waals surface area (Å²) < 4.78 is 7.09. The second-order valence-corrected chi connectivity index (χ2v) is 8.47. The van der Waals surface area contributed by atoms with E-state index in [4.69, 9.17) is 15.6 Å². The normalized spacial score (nSPS) is 21.5. The highest BCUT2D eigenvalue weighted by Gasteiger charge is 2.47. The molecule has 1 aromatic carbocycles. The highest BCUT2D eigenvalue weighted by atomic mass is 16.6. The molecule has 0 bridgehead atoms. The van der Waals surface area contributed by atoms with Crippen LogP contribution in [-0.4, -0.2) is 78.1 Å². The van der Waals surface area contributed by atoms with Crippen molar-refractivity contribution in [3.8, 4) is 0 Å². The number of carboxylic acids is 1. The van der Waals surface area contributed by atoms with E-state index >= 15 is 0 Å². The minimum atomic E-state index is -1.42. The van der Waals surface area contributed by atoms with Crippen LogP contribution in [0.3, 0.4) is 0 Å². The molecule has 36 heavy (non-hydrogen) atoms. The van der Waals surface area contributed by atoms with Crippen molar-refractivity contribution in [1.29, 1.82) is 0 Å². The number of carbonyl (C=O) groups is 2. The summed E-state index contributed by atoms with van der Waals surface area (Å²) in [7, 11) is 0. The molecule has 1 aliphatic heterocycles. The average Bonchev–Trinajstić information content (AvgIpc) is 3.40. The van der Waals surface area contributed by atoms with Crippen LogP contribution in [0.4, 0.5) is 11.8 Å². The maximum atomic E-state index is 12.2. The van der Waals surface area contributed by atoms with Crippen molar-refractivity contribution in [1.82, 2.24) is 24.8 Å². The Morgan fingerprint density at radius 3 is 2.47 bits per heavy atom. The molecule has 0 aliphatic carbocycles. The number of fused-ring (bicyclic) bond motifs is 1. The van der Waals surface area contributed by atoms with Crippen molar-refractivity contribution >= 4 is 34.8 Å². The number of aryl methyl sites for hydroxylation is 1. The number of nitrogens with zero attached hydrogens (tertiary/aromatic N) is 4. The first kappa shape index (κ1) is 25.3. The standard InChI is InChI=1S/C23H29N7O6/c1-2-25-21(35)18-16(33)17(34)22(36-18)30-11-27-15-19(24)28-23(29-20(15)30)26-10-9-13-5-3-12(4-6-13)7-8-14(31)32/h3-6,11,16-18,22,33-34H,2,7-10H2,1H3,(H,25,35)(H,31,32)(H3,24,26,28,29)/t16-,17+,18-,22-/m0/s1. The predicted molar refractivity (Wildman–Crippen MR) is 129 cm³/mol. The number of nitrogen functional groups attached to an aromatic ring is 1. The third-order valence-corrected chi connectivity index (χ3v) is 5.92. The lowest BCUT2D eigenvalue weighted by molar-refractivity contribution is -0.138. The summed E-state index contributed by atoms with van der Waals surface area (Å²) >= 11 is 0. The zero-order chi connectivity index (χ0) is 25.8. The Hall–Kier alpha value is -3.81. The van der Waals surface area contributed by atoms with E-state index < -0.39 is 36.4 Å². The number of rotatable bonds is 10. The van der Waals surface area contributed by atoms with E-state index in [1.165, 1.54) is 10.9 Å². The van der Waals surface area contributed by atoms with Crippen LogP contribution >= 0.6 is 0 Å². The highest BCUT2D eigenvalue weighted by molar-refractivity contribution is 5.83. The van der Waals surface area contributed by atoms with Crippen molar-refractivity contribution in [2.75, 3.05) is 24.1 Å². The van der Waals surface area contributed by atoms with Gasteiger partial charge in [-0.15, -0.1) is 0 Å². The maximum absolute atomic E-state index is 12.2. The van der Waals surface area contributed by atoms with E-state index in [0.717, 1.165) is 11.1 Å². The Kier molecular flexibility index (Phi) is 7.62. The van der Waals surface area contributed by atoms with E-state index in [0.29, 0.717) is 31.4 Å². The molecule has 0 unspecified atom stereocenters. The lowest BCUT2D eigenvalue weighted by atomic mass is 10.1. The first-order chi connectivity index (χ1) is 17.3. The summed E-state index contributed by atoms with van der Waals surface area (Å²) in [5.41, 5.74) is 8.65. The van der Waals surface area contributed by atoms with Gasteiger partial charge in [-0.25, -0.2) is 4.98 Å². The lowest BCUT2D eigenvalue weighted by Crippen LogP contribution is -2.42. The van der Waals surface area contributed by atoms with Gasteiger partial charge >= 0.3 is 5.97 Å². The zero-order valence-electron chi connectivity index (χ0n) is 19.7. The third-order valence-electron chi connectivity index (χ3n) is 5.92. The smallest absolute Gasteiger partial charge is 0.303 e. The Balaban J connectivity index is 1.45. The molecule has 13 nitrogen and oxygen atoms in total. The monoisotopic (exact) mass is 499 g/mol.